The molecule has 0 spiro atoms. The second-order valence-electron chi connectivity index (χ2n) is 6.79. The summed E-state index contributed by atoms with van der Waals surface area (Å²) >= 11 is 0. The zero-order valence-corrected chi connectivity index (χ0v) is 17.0. The van der Waals surface area contributed by atoms with E-state index in [1.807, 2.05) is 48.5 Å². The zero-order valence-electron chi connectivity index (χ0n) is 17.0. The number of hydrogen-bond acceptors (Lipinski definition) is 5. The average Bonchev–Trinajstić information content (AvgIpc) is 2.72. The minimum absolute atomic E-state index is 0.0851. The predicted molar refractivity (Wildman–Crippen MR) is 116 cm³/mol. The summed E-state index contributed by atoms with van der Waals surface area (Å²) in [4.78, 5) is 29.8. The Morgan fingerprint density at radius 3 is 2.62 bits per heavy atom. The second kappa shape index (κ2) is 9.87. The lowest BCUT2D eigenvalue weighted by Gasteiger charge is -2.15. The number of nitrogens with zero attached hydrogens (tertiary/aromatic N) is 2. The van der Waals surface area contributed by atoms with Gasteiger partial charge < -0.3 is 10.1 Å². The number of nitrogens with one attached hydrogen (secondary N) is 1. The molecule has 0 saturated carbocycles. The Morgan fingerprint density at radius 2 is 1.90 bits per heavy atom. The number of carbonyl (C=O) groups excluding carboxylic acids is 1. The van der Waals surface area contributed by atoms with E-state index in [1.54, 1.807) is 11.5 Å². The number of aryl methyl sites for hydroxylation is 1. The Morgan fingerprint density at radius 1 is 1.10 bits per heavy atom. The Hall–Kier alpha value is -3.15. The maximum atomic E-state index is 13.5. The van der Waals surface area contributed by atoms with Gasteiger partial charge in [-0.05, 0) is 44.0 Å². The summed E-state index contributed by atoms with van der Waals surface area (Å²) in [6.07, 6.45) is 2.59. The van der Waals surface area contributed by atoms with E-state index in [0.29, 0.717) is 36.9 Å². The molecule has 3 aromatic rings. The highest BCUT2D eigenvalue weighted by molar-refractivity contribution is 5.90. The first kappa shape index (κ1) is 20.6. The SMILES string of the molecule is CCCc1nc2cccc(NCCCC(=O)OCC)c2c(=O)n1-c1ccccc1. The summed E-state index contributed by atoms with van der Waals surface area (Å²) < 4.78 is 6.66. The van der Waals surface area contributed by atoms with Crippen molar-refractivity contribution < 1.29 is 9.53 Å². The van der Waals surface area contributed by atoms with Gasteiger partial charge in [0.2, 0.25) is 0 Å². The van der Waals surface area contributed by atoms with Crippen molar-refractivity contribution in [2.75, 3.05) is 18.5 Å². The normalized spacial score (nSPS) is 10.8. The van der Waals surface area contributed by atoms with E-state index in [-0.39, 0.29) is 11.5 Å². The Bertz CT molecular complexity index is 1030. The van der Waals surface area contributed by atoms with Gasteiger partial charge in [0.25, 0.3) is 5.56 Å². The van der Waals surface area contributed by atoms with Crippen molar-refractivity contribution >= 4 is 22.6 Å². The van der Waals surface area contributed by atoms with Crippen LogP contribution in [-0.4, -0.2) is 28.7 Å². The zero-order chi connectivity index (χ0) is 20.6. The fraction of sp³-hybridized carbons (Fsp3) is 0.348. The topological polar surface area (TPSA) is 73.2 Å². The molecule has 1 heterocycles. The number of hydrogen-bond donors (Lipinski definition) is 1. The van der Waals surface area contributed by atoms with E-state index in [1.165, 1.54) is 0 Å². The molecular weight excluding hydrogens is 366 g/mol. The fourth-order valence-corrected chi connectivity index (χ4v) is 3.35. The molecule has 1 N–H and O–H groups in total. The molecule has 1 aromatic heterocycles. The van der Waals surface area contributed by atoms with Gasteiger partial charge in [0.15, 0.2) is 0 Å². The van der Waals surface area contributed by atoms with E-state index < -0.39 is 0 Å². The summed E-state index contributed by atoms with van der Waals surface area (Å²) in [6, 6.07) is 15.2. The predicted octanol–water partition coefficient (Wildman–Crippen LogP) is 4.09. The molecule has 152 valence electrons. The van der Waals surface area contributed by atoms with Crippen LogP contribution < -0.4 is 10.9 Å². The number of rotatable bonds is 9. The van der Waals surface area contributed by atoms with Crippen molar-refractivity contribution in [1.82, 2.24) is 9.55 Å². The van der Waals surface area contributed by atoms with Crippen LogP contribution in [0.4, 0.5) is 5.69 Å². The van der Waals surface area contributed by atoms with Crippen molar-refractivity contribution in [3.05, 3.63) is 64.7 Å². The molecule has 2 aromatic carbocycles. The molecule has 3 rings (SSSR count). The van der Waals surface area contributed by atoms with Crippen molar-refractivity contribution in [1.29, 1.82) is 0 Å². The average molecular weight is 393 g/mol. The fourth-order valence-electron chi connectivity index (χ4n) is 3.35. The number of para-hydroxylation sites is 1. The van der Waals surface area contributed by atoms with Crippen LogP contribution in [0.25, 0.3) is 16.6 Å². The Labute approximate surface area is 170 Å². The monoisotopic (exact) mass is 393 g/mol. The molecule has 6 heteroatoms. The van der Waals surface area contributed by atoms with Crippen LogP contribution in [0.2, 0.25) is 0 Å². The lowest BCUT2D eigenvalue weighted by molar-refractivity contribution is -0.143. The van der Waals surface area contributed by atoms with Gasteiger partial charge in [-0.2, -0.15) is 0 Å². The summed E-state index contributed by atoms with van der Waals surface area (Å²) in [6.45, 7) is 4.83. The minimum Gasteiger partial charge on any atom is -0.466 e. The van der Waals surface area contributed by atoms with Crippen LogP contribution in [0.1, 0.15) is 38.9 Å². The molecule has 0 unspecified atom stereocenters. The minimum atomic E-state index is -0.204. The molecule has 0 aliphatic heterocycles. The molecule has 0 radical (unpaired) electrons. The van der Waals surface area contributed by atoms with E-state index >= 15 is 0 Å². The first-order valence-corrected chi connectivity index (χ1v) is 10.1. The van der Waals surface area contributed by atoms with E-state index in [2.05, 4.69) is 12.2 Å². The Kier molecular flexibility index (Phi) is 7.00. The van der Waals surface area contributed by atoms with Crippen molar-refractivity contribution in [3.8, 4) is 5.69 Å². The number of ether oxygens (including phenoxy) is 1. The lowest BCUT2D eigenvalue weighted by atomic mass is 10.1. The molecule has 0 aliphatic carbocycles. The standard InChI is InChI=1S/C23H27N3O3/c1-3-10-20-25-19-14-8-13-18(24-16-9-15-21(27)29-4-2)22(19)23(28)26(20)17-11-6-5-7-12-17/h5-8,11-14,24H,3-4,9-10,15-16H2,1-2H3. The molecule has 0 atom stereocenters. The molecule has 29 heavy (non-hydrogen) atoms. The van der Waals surface area contributed by atoms with Gasteiger partial charge >= 0.3 is 5.97 Å². The highest BCUT2D eigenvalue weighted by Gasteiger charge is 2.15. The molecule has 0 bridgehead atoms. The Balaban J connectivity index is 1.96. The van der Waals surface area contributed by atoms with E-state index in [0.717, 1.165) is 30.0 Å². The van der Waals surface area contributed by atoms with Crippen molar-refractivity contribution in [2.24, 2.45) is 0 Å². The number of benzene rings is 2. The number of anilines is 1. The number of aromatic nitrogens is 2. The maximum Gasteiger partial charge on any atom is 0.305 e. The summed E-state index contributed by atoms with van der Waals surface area (Å²) in [5.41, 5.74) is 2.14. The third-order valence-corrected chi connectivity index (χ3v) is 4.63. The van der Waals surface area contributed by atoms with Crippen LogP contribution in [-0.2, 0) is 16.0 Å². The highest BCUT2D eigenvalue weighted by atomic mass is 16.5. The number of fused-ring (bicyclic) bond motifs is 1. The van der Waals surface area contributed by atoms with Crippen molar-refractivity contribution in [2.45, 2.75) is 39.5 Å². The van der Waals surface area contributed by atoms with E-state index in [4.69, 9.17) is 9.72 Å². The quantitative estimate of drug-likeness (QED) is 0.438. The largest absolute Gasteiger partial charge is 0.466 e. The second-order valence-corrected chi connectivity index (χ2v) is 6.79. The third-order valence-electron chi connectivity index (χ3n) is 4.63. The van der Waals surface area contributed by atoms with Gasteiger partial charge in [-0.15, -0.1) is 0 Å². The highest BCUT2D eigenvalue weighted by Crippen LogP contribution is 2.21. The molecule has 6 nitrogen and oxygen atoms in total. The third kappa shape index (κ3) is 4.83. The van der Waals surface area contributed by atoms with Crippen LogP contribution in [0.15, 0.2) is 53.3 Å². The summed E-state index contributed by atoms with van der Waals surface area (Å²) in [5.74, 6) is 0.556. The van der Waals surface area contributed by atoms with Gasteiger partial charge in [0.05, 0.1) is 23.2 Å². The molecule has 0 amide bonds. The van der Waals surface area contributed by atoms with Gasteiger partial charge in [-0.1, -0.05) is 31.2 Å². The van der Waals surface area contributed by atoms with Gasteiger partial charge in [-0.3, -0.25) is 14.2 Å². The smallest absolute Gasteiger partial charge is 0.305 e. The van der Waals surface area contributed by atoms with Gasteiger partial charge in [0.1, 0.15) is 5.82 Å². The van der Waals surface area contributed by atoms with Gasteiger partial charge in [0, 0.05) is 25.1 Å². The first-order chi connectivity index (χ1) is 14.2. The number of esters is 1. The lowest BCUT2D eigenvalue weighted by Crippen LogP contribution is -2.25. The number of carbonyl (C=O) groups is 1. The summed E-state index contributed by atoms with van der Waals surface area (Å²) in [7, 11) is 0. The van der Waals surface area contributed by atoms with Gasteiger partial charge in [-0.25, -0.2) is 4.98 Å². The summed E-state index contributed by atoms with van der Waals surface area (Å²) in [5, 5.41) is 3.86. The van der Waals surface area contributed by atoms with Crippen LogP contribution >= 0.6 is 0 Å². The maximum absolute atomic E-state index is 13.5. The molecule has 0 saturated heterocycles. The van der Waals surface area contributed by atoms with Crippen molar-refractivity contribution in [3.63, 3.8) is 0 Å². The molecule has 0 fully saturated rings. The molecule has 0 aliphatic rings. The van der Waals surface area contributed by atoms with Crippen LogP contribution in [0.3, 0.4) is 0 Å². The van der Waals surface area contributed by atoms with Crippen LogP contribution in [0.5, 0.6) is 0 Å². The first-order valence-electron chi connectivity index (χ1n) is 10.1. The van der Waals surface area contributed by atoms with Crippen LogP contribution in [0, 0.1) is 0 Å². The molecular formula is C23H27N3O3. The van der Waals surface area contributed by atoms with E-state index in [9.17, 15) is 9.59 Å².